The molecule has 10 nitrogen and oxygen atoms in total. The largest absolute Gasteiger partial charge is 0.454 e. The number of furan rings is 1. The lowest BCUT2D eigenvalue weighted by atomic mass is 10.1. The lowest BCUT2D eigenvalue weighted by molar-refractivity contribution is -0.153. The lowest BCUT2D eigenvalue weighted by Gasteiger charge is -2.17. The van der Waals surface area contributed by atoms with Crippen LogP contribution in [0.2, 0.25) is 0 Å². The van der Waals surface area contributed by atoms with Crippen LogP contribution in [0.1, 0.15) is 53.2 Å². The minimum atomic E-state index is -4.61. The number of nitrogens with two attached hydrogens (primary N) is 1. The van der Waals surface area contributed by atoms with Gasteiger partial charge < -0.3 is 14.3 Å². The summed E-state index contributed by atoms with van der Waals surface area (Å²) in [5.74, 6) is -1.88. The van der Waals surface area contributed by atoms with E-state index in [0.717, 1.165) is 6.07 Å². The molecule has 15 heteroatoms. The summed E-state index contributed by atoms with van der Waals surface area (Å²) in [6, 6.07) is 2.15. The van der Waals surface area contributed by atoms with Crippen molar-refractivity contribution in [3.8, 4) is 0 Å². The number of rotatable bonds is 9. The number of hydrogen-bond acceptors (Lipinski definition) is 8. The van der Waals surface area contributed by atoms with Crippen LogP contribution in [0.15, 0.2) is 47.5 Å². The molecule has 3 aromatic rings. The first kappa shape index (κ1) is 26.8. The maximum atomic E-state index is 14.6. The number of alkyl halides is 4. The van der Waals surface area contributed by atoms with E-state index in [9.17, 15) is 30.8 Å². The Bertz CT molecular complexity index is 1370. The standard InChI is InChI=1S/C22H23F4N5O5S/c1-12(18-2-3-19(36-18)22(24,25)26)31-5-4-14(9-31)20(32)15-8-28-11-29-21(15)30-17-7-13(6-16(17)23)10-35-37(27,33)34/h2-5,8-9,11-13,16-17H,6-7,10H2,1H3,(H2,27,33,34)(H,28,29,30)/t12?,13-,16+,17-/m1/s1. The first-order valence-corrected chi connectivity index (χ1v) is 12.6. The summed E-state index contributed by atoms with van der Waals surface area (Å²) < 4.78 is 86.2. The highest BCUT2D eigenvalue weighted by Crippen LogP contribution is 2.34. The molecule has 3 heterocycles. The molecule has 0 amide bonds. The van der Waals surface area contributed by atoms with E-state index in [1.807, 2.05) is 0 Å². The van der Waals surface area contributed by atoms with Crippen molar-refractivity contribution in [3.05, 3.63) is 65.8 Å². The van der Waals surface area contributed by atoms with Crippen molar-refractivity contribution in [2.24, 2.45) is 11.1 Å². The molecule has 3 N–H and O–H groups in total. The van der Waals surface area contributed by atoms with Crippen LogP contribution in [0.3, 0.4) is 0 Å². The lowest BCUT2D eigenvalue weighted by Crippen LogP contribution is -2.27. The van der Waals surface area contributed by atoms with E-state index in [1.54, 1.807) is 6.92 Å². The maximum absolute atomic E-state index is 14.6. The number of halogens is 4. The first-order valence-electron chi connectivity index (χ1n) is 11.1. The van der Waals surface area contributed by atoms with Gasteiger partial charge in [-0.1, -0.05) is 0 Å². The van der Waals surface area contributed by atoms with Crippen LogP contribution in [0, 0.1) is 5.92 Å². The third-order valence-electron chi connectivity index (χ3n) is 6.07. The third kappa shape index (κ3) is 6.34. The minimum absolute atomic E-state index is 0.0329. The Kier molecular flexibility index (Phi) is 7.39. The van der Waals surface area contributed by atoms with Gasteiger partial charge in [0.25, 0.3) is 0 Å². The molecule has 0 bridgehead atoms. The average molecular weight is 546 g/mol. The van der Waals surface area contributed by atoms with Crippen molar-refractivity contribution in [1.82, 2.24) is 14.5 Å². The van der Waals surface area contributed by atoms with Gasteiger partial charge in [0.2, 0.25) is 5.76 Å². The molecule has 1 saturated carbocycles. The molecule has 0 aliphatic heterocycles. The second-order valence-corrected chi connectivity index (χ2v) is 9.94. The zero-order chi connectivity index (χ0) is 27.0. The van der Waals surface area contributed by atoms with E-state index < -0.39 is 52.2 Å². The van der Waals surface area contributed by atoms with Crippen molar-refractivity contribution >= 4 is 21.9 Å². The smallest absolute Gasteiger partial charge is 0.449 e. The summed E-state index contributed by atoms with van der Waals surface area (Å²) in [5, 5.41) is 7.72. The van der Waals surface area contributed by atoms with E-state index >= 15 is 0 Å². The van der Waals surface area contributed by atoms with E-state index in [0.29, 0.717) is 0 Å². The molecule has 3 aromatic heterocycles. The Hall–Kier alpha value is -3.30. The van der Waals surface area contributed by atoms with Gasteiger partial charge >= 0.3 is 16.5 Å². The van der Waals surface area contributed by atoms with Crippen LogP contribution in [0.25, 0.3) is 0 Å². The highest BCUT2D eigenvalue weighted by atomic mass is 32.2. The number of nitrogens with zero attached hydrogens (tertiary/aromatic N) is 3. The summed E-state index contributed by atoms with van der Waals surface area (Å²) >= 11 is 0. The molecule has 1 aliphatic rings. The molecule has 4 rings (SSSR count). The van der Waals surface area contributed by atoms with Gasteiger partial charge in [-0.3, -0.25) is 8.98 Å². The fourth-order valence-electron chi connectivity index (χ4n) is 4.17. The van der Waals surface area contributed by atoms with Crippen LogP contribution < -0.4 is 10.5 Å². The maximum Gasteiger partial charge on any atom is 0.449 e. The Morgan fingerprint density at radius 3 is 2.76 bits per heavy atom. The summed E-state index contributed by atoms with van der Waals surface area (Å²) in [4.78, 5) is 21.1. The van der Waals surface area contributed by atoms with Crippen molar-refractivity contribution < 1.29 is 39.4 Å². The van der Waals surface area contributed by atoms with Gasteiger partial charge in [0.1, 0.15) is 24.1 Å². The molecule has 1 aliphatic carbocycles. The quantitative estimate of drug-likeness (QED) is 0.307. The van der Waals surface area contributed by atoms with Gasteiger partial charge in [0, 0.05) is 24.2 Å². The van der Waals surface area contributed by atoms with Crippen LogP contribution in [0.5, 0.6) is 0 Å². The van der Waals surface area contributed by atoms with Gasteiger partial charge in [-0.15, -0.1) is 0 Å². The third-order valence-corrected chi connectivity index (χ3v) is 6.54. The molecule has 0 spiro atoms. The summed E-state index contributed by atoms with van der Waals surface area (Å²) in [5.41, 5.74) is 0.261. The Balaban J connectivity index is 1.47. The van der Waals surface area contributed by atoms with E-state index in [1.165, 1.54) is 41.6 Å². The fourth-order valence-corrected chi connectivity index (χ4v) is 4.55. The summed E-state index contributed by atoms with van der Waals surface area (Å²) in [7, 11) is -4.15. The number of nitrogens with one attached hydrogen (secondary N) is 1. The van der Waals surface area contributed by atoms with Crippen LogP contribution in [0.4, 0.5) is 23.4 Å². The molecule has 1 fully saturated rings. The van der Waals surface area contributed by atoms with E-state index in [-0.39, 0.29) is 42.2 Å². The Morgan fingerprint density at radius 1 is 1.32 bits per heavy atom. The van der Waals surface area contributed by atoms with Gasteiger partial charge in [-0.05, 0) is 43.9 Å². The Morgan fingerprint density at radius 2 is 2.08 bits per heavy atom. The van der Waals surface area contributed by atoms with Crippen LogP contribution in [-0.4, -0.2) is 47.6 Å². The van der Waals surface area contributed by atoms with Crippen molar-refractivity contribution in [1.29, 1.82) is 0 Å². The zero-order valence-corrected chi connectivity index (χ0v) is 20.2. The van der Waals surface area contributed by atoms with Gasteiger partial charge in [-0.25, -0.2) is 19.5 Å². The number of anilines is 1. The van der Waals surface area contributed by atoms with Crippen molar-refractivity contribution in [2.75, 3.05) is 11.9 Å². The highest BCUT2D eigenvalue weighted by Gasteiger charge is 2.37. The van der Waals surface area contributed by atoms with Gasteiger partial charge in [0.15, 0.2) is 5.78 Å². The molecular formula is C22H23F4N5O5S. The van der Waals surface area contributed by atoms with Crippen LogP contribution >= 0.6 is 0 Å². The van der Waals surface area contributed by atoms with Gasteiger partial charge in [-0.2, -0.15) is 21.6 Å². The SMILES string of the molecule is CC(c1ccc(C(F)(F)F)o1)n1ccc(C(=O)c2cncnc2N[C@@H]2C[C@H](COS(N)(=O)=O)C[C@@H]2F)c1. The molecule has 37 heavy (non-hydrogen) atoms. The molecular weight excluding hydrogens is 522 g/mol. The molecule has 0 radical (unpaired) electrons. The molecule has 0 saturated heterocycles. The molecule has 0 aromatic carbocycles. The zero-order valence-electron chi connectivity index (χ0n) is 19.4. The first-order chi connectivity index (χ1) is 17.3. The minimum Gasteiger partial charge on any atom is -0.454 e. The molecule has 4 atom stereocenters. The number of ketones is 1. The highest BCUT2D eigenvalue weighted by molar-refractivity contribution is 7.84. The fraction of sp³-hybridized carbons (Fsp3) is 0.409. The second kappa shape index (κ2) is 10.2. The number of aromatic nitrogens is 3. The van der Waals surface area contributed by atoms with E-state index in [4.69, 9.17) is 9.56 Å². The predicted octanol–water partition coefficient (Wildman–Crippen LogP) is 3.48. The van der Waals surface area contributed by atoms with Crippen LogP contribution in [-0.2, 0) is 20.7 Å². The molecule has 1 unspecified atom stereocenters. The number of carbonyl (C=O) groups excluding carboxylic acids is 1. The number of carbonyl (C=O) groups is 1. The predicted molar refractivity (Wildman–Crippen MR) is 122 cm³/mol. The normalized spacial score (nSPS) is 21.2. The van der Waals surface area contributed by atoms with E-state index in [2.05, 4.69) is 19.5 Å². The monoisotopic (exact) mass is 545 g/mol. The summed E-state index contributed by atoms with van der Waals surface area (Å²) in [6.45, 7) is 1.35. The topological polar surface area (TPSA) is 142 Å². The van der Waals surface area contributed by atoms with Gasteiger partial charge in [0.05, 0.1) is 24.3 Å². The van der Waals surface area contributed by atoms with Crippen molar-refractivity contribution in [3.63, 3.8) is 0 Å². The number of hydrogen-bond donors (Lipinski definition) is 2. The summed E-state index contributed by atoms with van der Waals surface area (Å²) in [6.07, 6.45) is -0.294. The second-order valence-electron chi connectivity index (χ2n) is 8.72. The Labute approximate surface area is 209 Å². The molecule has 200 valence electrons. The average Bonchev–Trinajstić information content (AvgIpc) is 3.57. The van der Waals surface area contributed by atoms with Crippen molar-refractivity contribution in [2.45, 2.75) is 44.2 Å².